The number of benzene rings is 2. The second-order valence-electron chi connectivity index (χ2n) is 7.01. The number of imide groups is 1. The highest BCUT2D eigenvalue weighted by Gasteiger charge is 2.36. The Hall–Kier alpha value is -3.52. The summed E-state index contributed by atoms with van der Waals surface area (Å²) < 4.78 is 15.3. The number of amides is 2. The van der Waals surface area contributed by atoms with E-state index < -0.39 is 23.9 Å². The lowest BCUT2D eigenvalue weighted by Crippen LogP contribution is -2.31. The van der Waals surface area contributed by atoms with Gasteiger partial charge in [0.15, 0.2) is 6.10 Å². The third kappa shape index (κ3) is 4.64. The maximum Gasteiger partial charge on any atom is 0.338 e. The average Bonchev–Trinajstić information content (AvgIpc) is 3.03. The van der Waals surface area contributed by atoms with E-state index in [1.807, 2.05) is 0 Å². The van der Waals surface area contributed by atoms with Gasteiger partial charge in [-0.2, -0.15) is 0 Å². The van der Waals surface area contributed by atoms with Crippen LogP contribution in [0.2, 0.25) is 0 Å². The van der Waals surface area contributed by atoms with Gasteiger partial charge in [-0.3, -0.25) is 19.3 Å². The molecule has 0 N–H and O–H groups in total. The Morgan fingerprint density at radius 3 is 2.23 bits per heavy atom. The van der Waals surface area contributed by atoms with E-state index in [2.05, 4.69) is 0 Å². The van der Waals surface area contributed by atoms with Crippen LogP contribution < -0.4 is 4.74 Å². The zero-order valence-corrected chi connectivity index (χ0v) is 17.5. The Kier molecular flexibility index (Phi) is 6.81. The van der Waals surface area contributed by atoms with Crippen LogP contribution in [0.4, 0.5) is 0 Å². The third-order valence-corrected chi connectivity index (χ3v) is 4.96. The van der Waals surface area contributed by atoms with Crippen LogP contribution in [0.25, 0.3) is 0 Å². The van der Waals surface area contributed by atoms with E-state index in [0.717, 1.165) is 4.90 Å². The molecule has 0 saturated carbocycles. The molecule has 0 spiro atoms. The second-order valence-corrected chi connectivity index (χ2v) is 7.01. The number of rotatable bonds is 9. The Balaban J connectivity index is 1.70. The zero-order valence-electron chi connectivity index (χ0n) is 17.5. The molecule has 1 aliphatic heterocycles. The van der Waals surface area contributed by atoms with Crippen LogP contribution in [0.3, 0.4) is 0 Å². The van der Waals surface area contributed by atoms with Crippen LogP contribution >= 0.6 is 0 Å². The van der Waals surface area contributed by atoms with E-state index in [-0.39, 0.29) is 29.0 Å². The number of fused-ring (bicyclic) bond motifs is 1. The molecule has 0 radical (unpaired) electrons. The summed E-state index contributed by atoms with van der Waals surface area (Å²) in [5, 5.41) is 0. The molecule has 162 valence electrons. The van der Waals surface area contributed by atoms with Gasteiger partial charge in [-0.1, -0.05) is 0 Å². The molecule has 2 aromatic rings. The Morgan fingerprint density at radius 1 is 0.935 bits per heavy atom. The molecule has 0 bridgehead atoms. The summed E-state index contributed by atoms with van der Waals surface area (Å²) in [6.07, 6.45) is -0.515. The van der Waals surface area contributed by atoms with Gasteiger partial charge in [-0.25, -0.2) is 4.79 Å². The number of methoxy groups -OCH3 is 2. The van der Waals surface area contributed by atoms with Crippen molar-refractivity contribution in [2.45, 2.75) is 19.4 Å². The fourth-order valence-corrected chi connectivity index (χ4v) is 3.26. The monoisotopic (exact) mass is 425 g/mol. The van der Waals surface area contributed by atoms with E-state index in [4.69, 9.17) is 14.2 Å². The van der Waals surface area contributed by atoms with Crippen molar-refractivity contribution in [1.29, 1.82) is 0 Å². The molecule has 2 amide bonds. The summed E-state index contributed by atoms with van der Waals surface area (Å²) in [4.78, 5) is 51.3. The van der Waals surface area contributed by atoms with Crippen LogP contribution in [0.1, 0.15) is 54.8 Å². The highest BCUT2D eigenvalue weighted by Crippen LogP contribution is 2.25. The van der Waals surface area contributed by atoms with E-state index in [0.29, 0.717) is 24.3 Å². The zero-order chi connectivity index (χ0) is 22.5. The number of carbonyl (C=O) groups excluding carboxylic acids is 4. The molecular formula is C23H23NO7. The van der Waals surface area contributed by atoms with Crippen molar-refractivity contribution in [2.24, 2.45) is 0 Å². The number of hydrogen-bond acceptors (Lipinski definition) is 7. The molecule has 8 heteroatoms. The summed E-state index contributed by atoms with van der Waals surface area (Å²) in [6, 6.07) is 10.6. The summed E-state index contributed by atoms with van der Waals surface area (Å²) in [7, 11) is 3.07. The van der Waals surface area contributed by atoms with Gasteiger partial charge < -0.3 is 14.2 Å². The van der Waals surface area contributed by atoms with Crippen molar-refractivity contribution < 1.29 is 33.4 Å². The first-order valence-corrected chi connectivity index (χ1v) is 9.75. The molecule has 1 heterocycles. The Bertz CT molecular complexity index is 1010. The van der Waals surface area contributed by atoms with Gasteiger partial charge in [0, 0.05) is 25.8 Å². The predicted octanol–water partition coefficient (Wildman–Crippen LogP) is 2.76. The quantitative estimate of drug-likeness (QED) is 0.264. The van der Waals surface area contributed by atoms with Crippen LogP contribution in [-0.2, 0) is 9.47 Å². The van der Waals surface area contributed by atoms with Crippen molar-refractivity contribution >= 4 is 23.6 Å². The van der Waals surface area contributed by atoms with Gasteiger partial charge in [-0.15, -0.1) is 0 Å². The first kappa shape index (κ1) is 22.2. The standard InChI is InChI=1S/C23H23NO7/c1-14(20(25)15-5-8-17(30-3)9-6-15)31-23(28)16-7-10-18-19(13-16)22(27)24(21(18)26)11-4-12-29-2/h5-10,13-14H,4,11-12H2,1-3H3. The largest absolute Gasteiger partial charge is 0.497 e. The summed E-state index contributed by atoms with van der Waals surface area (Å²) in [6.45, 7) is 2.13. The van der Waals surface area contributed by atoms with Crippen LogP contribution in [0.5, 0.6) is 5.75 Å². The fraction of sp³-hybridized carbons (Fsp3) is 0.304. The molecule has 0 aliphatic carbocycles. The highest BCUT2D eigenvalue weighted by atomic mass is 16.5. The minimum Gasteiger partial charge on any atom is -0.497 e. The molecular weight excluding hydrogens is 402 g/mol. The van der Waals surface area contributed by atoms with Gasteiger partial charge in [0.05, 0.1) is 23.8 Å². The molecule has 1 aliphatic rings. The summed E-state index contributed by atoms with van der Waals surface area (Å²) >= 11 is 0. The minimum absolute atomic E-state index is 0.0908. The van der Waals surface area contributed by atoms with Crippen molar-refractivity contribution in [2.75, 3.05) is 27.4 Å². The van der Waals surface area contributed by atoms with Gasteiger partial charge >= 0.3 is 5.97 Å². The SMILES string of the molecule is COCCCN1C(=O)c2ccc(C(=O)OC(C)C(=O)c3ccc(OC)cc3)cc2C1=O. The van der Waals surface area contributed by atoms with Crippen molar-refractivity contribution in [3.63, 3.8) is 0 Å². The maximum absolute atomic E-state index is 12.6. The first-order chi connectivity index (χ1) is 14.9. The molecule has 31 heavy (non-hydrogen) atoms. The number of esters is 1. The third-order valence-electron chi connectivity index (χ3n) is 4.96. The van der Waals surface area contributed by atoms with Crippen LogP contribution in [0, 0.1) is 0 Å². The lowest BCUT2D eigenvalue weighted by molar-refractivity contribution is 0.0318. The molecule has 0 fully saturated rings. The van der Waals surface area contributed by atoms with E-state index in [9.17, 15) is 19.2 Å². The normalized spacial score (nSPS) is 13.7. The van der Waals surface area contributed by atoms with E-state index in [1.165, 1.54) is 32.2 Å². The highest BCUT2D eigenvalue weighted by molar-refractivity contribution is 6.22. The number of carbonyl (C=O) groups is 4. The molecule has 3 rings (SSSR count). The lowest BCUT2D eigenvalue weighted by Gasteiger charge is -2.13. The Labute approximate surface area is 179 Å². The molecule has 1 unspecified atom stereocenters. The maximum atomic E-state index is 12.6. The summed E-state index contributed by atoms with van der Waals surface area (Å²) in [5.41, 5.74) is 0.850. The molecule has 8 nitrogen and oxygen atoms in total. The number of nitrogens with zero attached hydrogens (tertiary/aromatic N) is 1. The van der Waals surface area contributed by atoms with Crippen molar-refractivity contribution in [3.05, 3.63) is 64.7 Å². The smallest absolute Gasteiger partial charge is 0.338 e. The fourth-order valence-electron chi connectivity index (χ4n) is 3.26. The number of Topliss-reactive ketones (excluding diaryl/α,β-unsaturated/α-hetero) is 1. The van der Waals surface area contributed by atoms with Gasteiger partial charge in [0.2, 0.25) is 5.78 Å². The molecule has 0 aromatic heterocycles. The average molecular weight is 425 g/mol. The predicted molar refractivity (Wildman–Crippen MR) is 111 cm³/mol. The lowest BCUT2D eigenvalue weighted by atomic mass is 10.1. The van der Waals surface area contributed by atoms with Crippen molar-refractivity contribution in [3.8, 4) is 5.75 Å². The van der Waals surface area contributed by atoms with E-state index >= 15 is 0 Å². The van der Waals surface area contributed by atoms with Crippen LogP contribution in [-0.4, -0.2) is 61.9 Å². The topological polar surface area (TPSA) is 99.2 Å². The molecule has 2 aromatic carbocycles. The Morgan fingerprint density at radius 2 is 1.58 bits per heavy atom. The molecule has 1 atom stereocenters. The van der Waals surface area contributed by atoms with Gasteiger partial charge in [0.25, 0.3) is 11.8 Å². The molecule has 0 saturated heterocycles. The van der Waals surface area contributed by atoms with Crippen LogP contribution in [0.15, 0.2) is 42.5 Å². The summed E-state index contributed by atoms with van der Waals surface area (Å²) in [5.74, 6) is -1.38. The minimum atomic E-state index is -1.03. The van der Waals surface area contributed by atoms with Crippen molar-refractivity contribution in [1.82, 2.24) is 4.90 Å². The van der Waals surface area contributed by atoms with Gasteiger partial charge in [-0.05, 0) is 55.8 Å². The van der Waals surface area contributed by atoms with Gasteiger partial charge in [0.1, 0.15) is 5.75 Å². The number of ketones is 1. The number of hydrogen-bond donors (Lipinski definition) is 0. The first-order valence-electron chi connectivity index (χ1n) is 9.75. The second kappa shape index (κ2) is 9.53. The van der Waals surface area contributed by atoms with E-state index in [1.54, 1.807) is 31.4 Å². The number of ether oxygens (including phenoxy) is 3.